The number of aromatic nitrogens is 1. The Morgan fingerprint density at radius 1 is 1.50 bits per heavy atom. The average Bonchev–Trinajstić information content (AvgIpc) is 2.27. The summed E-state index contributed by atoms with van der Waals surface area (Å²) in [6, 6.07) is 1.78. The Morgan fingerprint density at radius 3 is 2.72 bits per heavy atom. The summed E-state index contributed by atoms with van der Waals surface area (Å²) in [4.78, 5) is 17.6. The van der Waals surface area contributed by atoms with E-state index in [1.165, 1.54) is 0 Å². The fraction of sp³-hybridized carbons (Fsp3) is 0.538. The van der Waals surface area contributed by atoms with Crippen molar-refractivity contribution in [2.24, 2.45) is 0 Å². The van der Waals surface area contributed by atoms with Crippen molar-refractivity contribution in [1.29, 1.82) is 0 Å². The van der Waals surface area contributed by atoms with E-state index in [9.17, 15) is 9.90 Å². The molecule has 0 fully saturated rings. The SMILES string of the molecule is CCN(C)CCNc1nc(C)cc(C)c1C(=O)O. The van der Waals surface area contributed by atoms with Gasteiger partial charge < -0.3 is 15.3 Å². The maximum Gasteiger partial charge on any atom is 0.339 e. The molecule has 100 valence electrons. The number of aromatic carboxylic acids is 1. The molecule has 0 radical (unpaired) electrons. The van der Waals surface area contributed by atoms with Crippen LogP contribution >= 0.6 is 0 Å². The maximum atomic E-state index is 11.2. The molecular weight excluding hydrogens is 230 g/mol. The first kappa shape index (κ1) is 14.4. The first-order valence-electron chi connectivity index (χ1n) is 6.09. The molecule has 0 atom stereocenters. The summed E-state index contributed by atoms with van der Waals surface area (Å²) < 4.78 is 0. The van der Waals surface area contributed by atoms with Crippen LogP contribution in [0.1, 0.15) is 28.5 Å². The fourth-order valence-corrected chi connectivity index (χ4v) is 1.76. The highest BCUT2D eigenvalue weighted by atomic mass is 16.4. The predicted molar refractivity (Wildman–Crippen MR) is 72.3 cm³/mol. The minimum atomic E-state index is -0.939. The van der Waals surface area contributed by atoms with Crippen molar-refractivity contribution in [1.82, 2.24) is 9.88 Å². The standard InChI is InChI=1S/C13H21N3O2/c1-5-16(4)7-6-14-12-11(13(17)18)9(2)8-10(3)15-12/h8H,5-7H2,1-4H3,(H,14,15)(H,17,18). The van der Waals surface area contributed by atoms with Crippen molar-refractivity contribution in [2.45, 2.75) is 20.8 Å². The predicted octanol–water partition coefficient (Wildman–Crippen LogP) is 1.76. The van der Waals surface area contributed by atoms with Gasteiger partial charge in [0, 0.05) is 18.8 Å². The molecule has 5 heteroatoms. The van der Waals surface area contributed by atoms with Crippen molar-refractivity contribution in [2.75, 3.05) is 32.0 Å². The van der Waals surface area contributed by atoms with Crippen LogP contribution in [-0.2, 0) is 0 Å². The van der Waals surface area contributed by atoms with Crippen LogP contribution in [-0.4, -0.2) is 47.6 Å². The van der Waals surface area contributed by atoms with Gasteiger partial charge in [-0.2, -0.15) is 0 Å². The van der Waals surface area contributed by atoms with E-state index in [2.05, 4.69) is 22.1 Å². The van der Waals surface area contributed by atoms with E-state index >= 15 is 0 Å². The highest BCUT2D eigenvalue weighted by Crippen LogP contribution is 2.18. The van der Waals surface area contributed by atoms with Crippen LogP contribution in [0.15, 0.2) is 6.07 Å². The summed E-state index contributed by atoms with van der Waals surface area (Å²) >= 11 is 0. The van der Waals surface area contributed by atoms with Crippen LogP contribution in [0.3, 0.4) is 0 Å². The molecule has 1 heterocycles. The normalized spacial score (nSPS) is 10.7. The minimum Gasteiger partial charge on any atom is -0.478 e. The van der Waals surface area contributed by atoms with Gasteiger partial charge >= 0.3 is 5.97 Å². The Hall–Kier alpha value is -1.62. The van der Waals surface area contributed by atoms with Gasteiger partial charge in [-0.05, 0) is 39.1 Å². The van der Waals surface area contributed by atoms with E-state index in [1.807, 2.05) is 14.0 Å². The van der Waals surface area contributed by atoms with E-state index in [0.717, 1.165) is 24.3 Å². The second-order valence-electron chi connectivity index (χ2n) is 4.43. The third-order valence-electron chi connectivity index (χ3n) is 2.88. The summed E-state index contributed by atoms with van der Waals surface area (Å²) in [6.45, 7) is 8.24. The molecule has 0 unspecified atom stereocenters. The van der Waals surface area contributed by atoms with Crippen molar-refractivity contribution in [3.05, 3.63) is 22.9 Å². The maximum absolute atomic E-state index is 11.2. The number of anilines is 1. The number of carboxylic acid groups (broad SMARTS) is 1. The minimum absolute atomic E-state index is 0.264. The van der Waals surface area contributed by atoms with Gasteiger partial charge in [-0.15, -0.1) is 0 Å². The Kier molecular flexibility index (Phi) is 5.09. The highest BCUT2D eigenvalue weighted by molar-refractivity contribution is 5.94. The van der Waals surface area contributed by atoms with Crippen LogP contribution in [0.5, 0.6) is 0 Å². The van der Waals surface area contributed by atoms with Crippen molar-refractivity contribution in [3.8, 4) is 0 Å². The molecule has 0 amide bonds. The third-order valence-corrected chi connectivity index (χ3v) is 2.88. The number of pyridine rings is 1. The van der Waals surface area contributed by atoms with Crippen molar-refractivity contribution >= 4 is 11.8 Å². The monoisotopic (exact) mass is 251 g/mol. The lowest BCUT2D eigenvalue weighted by atomic mass is 10.1. The molecule has 18 heavy (non-hydrogen) atoms. The summed E-state index contributed by atoms with van der Waals surface area (Å²) in [7, 11) is 2.02. The Labute approximate surface area is 108 Å². The summed E-state index contributed by atoms with van der Waals surface area (Å²) in [6.07, 6.45) is 0. The van der Waals surface area contributed by atoms with E-state index in [1.54, 1.807) is 13.0 Å². The topological polar surface area (TPSA) is 65.5 Å². The number of hydrogen-bond acceptors (Lipinski definition) is 4. The molecular formula is C13H21N3O2. The lowest BCUT2D eigenvalue weighted by molar-refractivity contribution is 0.0697. The highest BCUT2D eigenvalue weighted by Gasteiger charge is 2.15. The van der Waals surface area contributed by atoms with E-state index < -0.39 is 5.97 Å². The molecule has 1 rings (SSSR count). The third kappa shape index (κ3) is 3.70. The van der Waals surface area contributed by atoms with Crippen LogP contribution in [0.25, 0.3) is 0 Å². The molecule has 0 aliphatic carbocycles. The van der Waals surface area contributed by atoms with E-state index in [0.29, 0.717) is 12.4 Å². The molecule has 5 nitrogen and oxygen atoms in total. The first-order chi connectivity index (χ1) is 8.45. The van der Waals surface area contributed by atoms with Gasteiger partial charge in [0.25, 0.3) is 0 Å². The van der Waals surface area contributed by atoms with Gasteiger partial charge in [0.2, 0.25) is 0 Å². The van der Waals surface area contributed by atoms with Crippen molar-refractivity contribution < 1.29 is 9.90 Å². The smallest absolute Gasteiger partial charge is 0.339 e. The molecule has 0 aliphatic rings. The number of likely N-dealkylation sites (N-methyl/N-ethyl adjacent to an activating group) is 1. The molecule has 0 aliphatic heterocycles. The molecule has 0 saturated heterocycles. The van der Waals surface area contributed by atoms with Gasteiger partial charge in [0.1, 0.15) is 11.4 Å². The number of carboxylic acids is 1. The zero-order chi connectivity index (χ0) is 13.7. The molecule has 0 aromatic carbocycles. The second kappa shape index (κ2) is 6.35. The Morgan fingerprint density at radius 2 is 2.17 bits per heavy atom. The summed E-state index contributed by atoms with van der Waals surface area (Å²) in [5.41, 5.74) is 1.82. The van der Waals surface area contributed by atoms with Gasteiger partial charge in [-0.25, -0.2) is 9.78 Å². The molecule has 0 saturated carbocycles. The zero-order valence-electron chi connectivity index (χ0n) is 11.4. The van der Waals surface area contributed by atoms with Gasteiger partial charge in [-0.1, -0.05) is 6.92 Å². The van der Waals surface area contributed by atoms with Gasteiger partial charge in [-0.3, -0.25) is 0 Å². The lowest BCUT2D eigenvalue weighted by Crippen LogP contribution is -2.25. The zero-order valence-corrected chi connectivity index (χ0v) is 11.4. The number of nitrogens with one attached hydrogen (secondary N) is 1. The molecule has 1 aromatic heterocycles. The number of carbonyl (C=O) groups is 1. The number of nitrogens with zero attached hydrogens (tertiary/aromatic N) is 2. The molecule has 0 bridgehead atoms. The number of rotatable bonds is 6. The largest absolute Gasteiger partial charge is 0.478 e. The lowest BCUT2D eigenvalue weighted by Gasteiger charge is -2.16. The summed E-state index contributed by atoms with van der Waals surface area (Å²) in [5.74, 6) is -0.476. The quantitative estimate of drug-likeness (QED) is 0.806. The van der Waals surface area contributed by atoms with E-state index in [-0.39, 0.29) is 5.56 Å². The van der Waals surface area contributed by atoms with Crippen LogP contribution in [0.2, 0.25) is 0 Å². The summed E-state index contributed by atoms with van der Waals surface area (Å²) in [5, 5.41) is 12.3. The first-order valence-corrected chi connectivity index (χ1v) is 6.09. The van der Waals surface area contributed by atoms with Crippen molar-refractivity contribution in [3.63, 3.8) is 0 Å². The van der Waals surface area contributed by atoms with Crippen LogP contribution in [0, 0.1) is 13.8 Å². The Bertz CT molecular complexity index is 432. The molecule has 0 spiro atoms. The number of aryl methyl sites for hydroxylation is 2. The second-order valence-corrected chi connectivity index (χ2v) is 4.43. The van der Waals surface area contributed by atoms with E-state index in [4.69, 9.17) is 0 Å². The Balaban J connectivity index is 2.83. The van der Waals surface area contributed by atoms with Gasteiger partial charge in [0.05, 0.1) is 0 Å². The molecule has 2 N–H and O–H groups in total. The fourth-order valence-electron chi connectivity index (χ4n) is 1.76. The average molecular weight is 251 g/mol. The van der Waals surface area contributed by atoms with Crippen LogP contribution in [0.4, 0.5) is 5.82 Å². The van der Waals surface area contributed by atoms with Gasteiger partial charge in [0.15, 0.2) is 0 Å². The molecule has 1 aromatic rings. The van der Waals surface area contributed by atoms with Crippen LogP contribution < -0.4 is 5.32 Å². The number of hydrogen-bond donors (Lipinski definition) is 2.